The Morgan fingerprint density at radius 3 is 2.03 bits per heavy atom. The second kappa shape index (κ2) is 8.37. The van der Waals surface area contributed by atoms with E-state index in [-0.39, 0.29) is 11.3 Å². The first-order valence-electron chi connectivity index (χ1n) is 11.3. The standard InChI is InChI=1S/C28H31NOS/c1-19-9-13-21(14-10-19)25-17-23-18-26(31(30)24-15-11-20(2)12-16-24)28(29(23)3)27(25)22-7-5-4-6-8-22/h4-16,23,25-28H,17-18H2,1-3H3/t23-,25+,26-,27+,28-,31+/m1/s1. The fourth-order valence-corrected chi connectivity index (χ4v) is 7.59. The van der Waals surface area contributed by atoms with E-state index in [0.717, 1.165) is 17.7 Å². The molecule has 2 fully saturated rings. The third-order valence-electron chi connectivity index (χ3n) is 7.48. The largest absolute Gasteiger partial charge is 0.299 e. The van der Waals surface area contributed by atoms with Crippen LogP contribution in [0, 0.1) is 13.8 Å². The number of aryl methyl sites for hydroxylation is 2. The number of benzene rings is 3. The van der Waals surface area contributed by atoms with Crippen molar-refractivity contribution in [2.45, 2.75) is 60.8 Å². The Balaban J connectivity index is 1.57. The first kappa shape index (κ1) is 20.7. The summed E-state index contributed by atoms with van der Waals surface area (Å²) in [5, 5.41) is 0.151. The molecule has 3 aromatic carbocycles. The lowest BCUT2D eigenvalue weighted by molar-refractivity contribution is 0.138. The molecule has 3 aromatic rings. The summed E-state index contributed by atoms with van der Waals surface area (Å²) in [5.74, 6) is 0.793. The van der Waals surface area contributed by atoms with E-state index in [4.69, 9.17) is 0 Å². The molecule has 3 heteroatoms. The maximum Gasteiger partial charge on any atom is 0.0577 e. The van der Waals surface area contributed by atoms with E-state index in [0.29, 0.717) is 17.9 Å². The molecule has 2 saturated heterocycles. The zero-order valence-corrected chi connectivity index (χ0v) is 19.4. The summed E-state index contributed by atoms with van der Waals surface area (Å²) in [6, 6.07) is 29.1. The Morgan fingerprint density at radius 2 is 1.39 bits per heavy atom. The maximum atomic E-state index is 13.8. The van der Waals surface area contributed by atoms with Gasteiger partial charge in [-0.15, -0.1) is 0 Å². The van der Waals surface area contributed by atoms with Crippen LogP contribution < -0.4 is 0 Å². The molecule has 0 amide bonds. The van der Waals surface area contributed by atoms with Gasteiger partial charge in [-0.25, -0.2) is 0 Å². The van der Waals surface area contributed by atoms with Crippen molar-refractivity contribution in [1.82, 2.24) is 4.90 Å². The predicted octanol–water partition coefficient (Wildman–Crippen LogP) is 5.82. The minimum absolute atomic E-state index is 0.151. The van der Waals surface area contributed by atoms with Gasteiger partial charge >= 0.3 is 0 Å². The third-order valence-corrected chi connectivity index (χ3v) is 9.24. The summed E-state index contributed by atoms with van der Waals surface area (Å²) >= 11 is 0. The number of piperidine rings is 1. The van der Waals surface area contributed by atoms with E-state index in [1.54, 1.807) is 0 Å². The highest BCUT2D eigenvalue weighted by Crippen LogP contribution is 2.52. The van der Waals surface area contributed by atoms with Crippen molar-refractivity contribution in [3.8, 4) is 0 Å². The van der Waals surface area contributed by atoms with Crippen LogP contribution in [0.25, 0.3) is 0 Å². The molecule has 6 atom stereocenters. The van der Waals surface area contributed by atoms with Gasteiger partial charge in [0, 0.05) is 22.9 Å². The topological polar surface area (TPSA) is 20.3 Å². The van der Waals surface area contributed by atoms with Gasteiger partial charge in [0.2, 0.25) is 0 Å². The van der Waals surface area contributed by atoms with Gasteiger partial charge in [0.15, 0.2) is 0 Å². The molecule has 2 nitrogen and oxygen atoms in total. The molecular formula is C28H31NOS. The van der Waals surface area contributed by atoms with Crippen LogP contribution in [-0.2, 0) is 10.8 Å². The molecule has 160 valence electrons. The maximum absolute atomic E-state index is 13.8. The van der Waals surface area contributed by atoms with Crippen LogP contribution in [0.1, 0.15) is 46.9 Å². The van der Waals surface area contributed by atoms with Gasteiger partial charge in [-0.1, -0.05) is 77.9 Å². The summed E-state index contributed by atoms with van der Waals surface area (Å²) in [7, 11) is 1.24. The Hall–Kier alpha value is -2.23. The van der Waals surface area contributed by atoms with Crippen molar-refractivity contribution in [3.63, 3.8) is 0 Å². The fourth-order valence-electron chi connectivity index (χ4n) is 5.83. The summed E-state index contributed by atoms with van der Waals surface area (Å²) in [4.78, 5) is 3.51. The Bertz CT molecular complexity index is 1060. The second-order valence-corrected chi connectivity index (χ2v) is 11.1. The number of likely N-dealkylation sites (N-methyl/N-ethyl adjacent to an activating group) is 1. The molecule has 2 bridgehead atoms. The molecule has 0 spiro atoms. The minimum Gasteiger partial charge on any atom is -0.299 e. The van der Waals surface area contributed by atoms with E-state index in [1.807, 2.05) is 0 Å². The lowest BCUT2D eigenvalue weighted by Gasteiger charge is -2.44. The normalized spacial score (nSPS) is 29.1. The van der Waals surface area contributed by atoms with Gasteiger partial charge in [-0.3, -0.25) is 9.11 Å². The quantitative estimate of drug-likeness (QED) is 0.520. The first-order valence-corrected chi connectivity index (χ1v) is 12.5. The molecule has 0 radical (unpaired) electrons. The Kier molecular flexibility index (Phi) is 5.58. The van der Waals surface area contributed by atoms with Crippen LogP contribution in [0.15, 0.2) is 83.8 Å². The van der Waals surface area contributed by atoms with Gasteiger partial charge in [0.25, 0.3) is 0 Å². The molecule has 0 aromatic heterocycles. The van der Waals surface area contributed by atoms with Crippen LogP contribution in [0.3, 0.4) is 0 Å². The Morgan fingerprint density at radius 1 is 0.774 bits per heavy atom. The molecule has 0 aliphatic carbocycles. The number of rotatable bonds is 4. The molecule has 0 unspecified atom stereocenters. The first-order chi connectivity index (χ1) is 15.0. The lowest BCUT2D eigenvalue weighted by atomic mass is 9.72. The van der Waals surface area contributed by atoms with Crippen molar-refractivity contribution >= 4 is 10.8 Å². The highest BCUT2D eigenvalue weighted by molar-refractivity contribution is 7.85. The highest BCUT2D eigenvalue weighted by atomic mass is 32.2. The van der Waals surface area contributed by atoms with Gasteiger partial charge < -0.3 is 0 Å². The fraction of sp³-hybridized carbons (Fsp3) is 0.357. The number of hydrogen-bond donors (Lipinski definition) is 0. The summed E-state index contributed by atoms with van der Waals surface area (Å²) in [6.45, 7) is 4.23. The average Bonchev–Trinajstić information content (AvgIpc) is 3.00. The summed E-state index contributed by atoms with van der Waals surface area (Å²) in [5.41, 5.74) is 5.30. The van der Waals surface area contributed by atoms with Crippen molar-refractivity contribution in [2.75, 3.05) is 7.05 Å². The lowest BCUT2D eigenvalue weighted by Crippen LogP contribution is -2.47. The zero-order valence-electron chi connectivity index (χ0n) is 18.6. The van der Waals surface area contributed by atoms with Crippen LogP contribution in [0.4, 0.5) is 0 Å². The van der Waals surface area contributed by atoms with Crippen molar-refractivity contribution in [3.05, 3.63) is 101 Å². The molecular weight excluding hydrogens is 398 g/mol. The average molecular weight is 430 g/mol. The third kappa shape index (κ3) is 3.79. The SMILES string of the molecule is Cc1ccc([C@@H]2C[C@@H]3C[C@@H]([S@@](=O)c4ccc(C)cc4)[C@H]([C@H]2c2ccccc2)N3C)cc1. The molecule has 2 aliphatic heterocycles. The molecule has 2 heterocycles. The van der Waals surface area contributed by atoms with Crippen molar-refractivity contribution < 1.29 is 4.21 Å². The number of nitrogens with zero attached hydrogens (tertiary/aromatic N) is 1. The van der Waals surface area contributed by atoms with Gasteiger partial charge in [-0.05, 0) is 62.9 Å². The Labute approximate surface area is 188 Å². The second-order valence-electron chi connectivity index (χ2n) is 9.38. The van der Waals surface area contributed by atoms with Crippen molar-refractivity contribution in [2.24, 2.45) is 0 Å². The minimum atomic E-state index is -1.01. The van der Waals surface area contributed by atoms with E-state index in [2.05, 4.69) is 105 Å². The van der Waals surface area contributed by atoms with E-state index in [9.17, 15) is 4.21 Å². The van der Waals surface area contributed by atoms with Crippen molar-refractivity contribution in [1.29, 1.82) is 0 Å². The highest BCUT2D eigenvalue weighted by Gasteiger charge is 2.53. The molecule has 2 aliphatic rings. The smallest absolute Gasteiger partial charge is 0.0577 e. The summed E-state index contributed by atoms with van der Waals surface area (Å²) in [6.07, 6.45) is 2.13. The molecule has 5 rings (SSSR count). The van der Waals surface area contributed by atoms with Crippen LogP contribution >= 0.6 is 0 Å². The van der Waals surface area contributed by atoms with E-state index in [1.165, 1.54) is 22.3 Å². The van der Waals surface area contributed by atoms with Crippen LogP contribution in [0.5, 0.6) is 0 Å². The predicted molar refractivity (Wildman–Crippen MR) is 129 cm³/mol. The van der Waals surface area contributed by atoms with Gasteiger partial charge in [-0.2, -0.15) is 0 Å². The number of hydrogen-bond acceptors (Lipinski definition) is 2. The molecule has 31 heavy (non-hydrogen) atoms. The monoisotopic (exact) mass is 429 g/mol. The van der Waals surface area contributed by atoms with Gasteiger partial charge in [0.05, 0.1) is 16.0 Å². The number of fused-ring (bicyclic) bond motifs is 2. The van der Waals surface area contributed by atoms with Gasteiger partial charge in [0.1, 0.15) is 0 Å². The van der Waals surface area contributed by atoms with Crippen LogP contribution in [0.2, 0.25) is 0 Å². The van der Waals surface area contributed by atoms with Crippen LogP contribution in [-0.4, -0.2) is 33.5 Å². The molecule has 0 N–H and O–H groups in total. The molecule has 0 saturated carbocycles. The van der Waals surface area contributed by atoms with E-state index >= 15 is 0 Å². The summed E-state index contributed by atoms with van der Waals surface area (Å²) < 4.78 is 13.8. The zero-order chi connectivity index (χ0) is 21.5. The van der Waals surface area contributed by atoms with E-state index < -0.39 is 10.8 Å².